The summed E-state index contributed by atoms with van der Waals surface area (Å²) in [6.07, 6.45) is 6.24. The van der Waals surface area contributed by atoms with Gasteiger partial charge in [0, 0.05) is 12.3 Å². The van der Waals surface area contributed by atoms with E-state index in [4.69, 9.17) is 0 Å². The molecule has 0 aromatic rings. The lowest BCUT2D eigenvalue weighted by Crippen LogP contribution is -2.47. The van der Waals surface area contributed by atoms with Crippen molar-refractivity contribution >= 4 is 5.78 Å². The first-order valence-corrected chi connectivity index (χ1v) is 5.54. The smallest absolute Gasteiger partial charge is 0.139 e. The molecule has 0 spiro atoms. The number of carbonyl (C=O) groups is 1. The molecule has 3 aliphatic rings. The Kier molecular flexibility index (Phi) is 2.73. The minimum absolute atomic E-state index is 0.0556. The molecule has 2 nitrogen and oxygen atoms in total. The van der Waals surface area contributed by atoms with Crippen molar-refractivity contribution in [2.24, 2.45) is 17.8 Å². The van der Waals surface area contributed by atoms with Crippen molar-refractivity contribution in [3.63, 3.8) is 0 Å². The highest BCUT2D eigenvalue weighted by Gasteiger charge is 2.46. The zero-order valence-corrected chi connectivity index (χ0v) is 8.48. The monoisotopic (exact) mass is 194 g/mol. The Morgan fingerprint density at radius 3 is 2.86 bits per heavy atom. The highest BCUT2D eigenvalue weighted by atomic mass is 16.3. The zero-order valence-electron chi connectivity index (χ0n) is 8.48. The number of fused-ring (bicyclic) bond motifs is 3. The summed E-state index contributed by atoms with van der Waals surface area (Å²) in [5, 5.41) is 9.79. The van der Waals surface area contributed by atoms with Crippen LogP contribution >= 0.6 is 0 Å². The van der Waals surface area contributed by atoms with Gasteiger partial charge >= 0.3 is 0 Å². The van der Waals surface area contributed by atoms with Gasteiger partial charge < -0.3 is 5.11 Å². The Hall–Kier alpha value is -0.630. The first kappa shape index (κ1) is 9.91. The maximum Gasteiger partial charge on any atom is 0.139 e. The van der Waals surface area contributed by atoms with Gasteiger partial charge in [-0.3, -0.25) is 4.79 Å². The van der Waals surface area contributed by atoms with E-state index in [1.165, 1.54) is 0 Å². The summed E-state index contributed by atoms with van der Waals surface area (Å²) in [5.74, 6) is 1.12. The summed E-state index contributed by atoms with van der Waals surface area (Å²) in [4.78, 5) is 11.7. The molecule has 2 heteroatoms. The van der Waals surface area contributed by atoms with Gasteiger partial charge in [0.05, 0.1) is 6.10 Å². The van der Waals surface area contributed by atoms with Crippen LogP contribution in [0.2, 0.25) is 0 Å². The van der Waals surface area contributed by atoms with Gasteiger partial charge in [-0.2, -0.15) is 0 Å². The van der Waals surface area contributed by atoms with Crippen LogP contribution in [-0.4, -0.2) is 17.0 Å². The van der Waals surface area contributed by atoms with E-state index in [2.05, 4.69) is 6.58 Å². The molecule has 4 atom stereocenters. The minimum atomic E-state index is -0.357. The number of allylic oxidation sites excluding steroid dienone is 1. The maximum atomic E-state index is 11.7. The average molecular weight is 194 g/mol. The third-order valence-electron chi connectivity index (χ3n) is 3.74. The van der Waals surface area contributed by atoms with Crippen molar-refractivity contribution in [2.75, 3.05) is 0 Å². The Labute approximate surface area is 85.0 Å². The number of aliphatic hydroxyl groups is 1. The van der Waals surface area contributed by atoms with Gasteiger partial charge in [-0.1, -0.05) is 6.08 Å². The molecule has 0 radical (unpaired) electrons. The van der Waals surface area contributed by atoms with Crippen molar-refractivity contribution in [1.82, 2.24) is 0 Å². The predicted molar refractivity (Wildman–Crippen MR) is 54.8 cm³/mol. The molecular weight excluding hydrogens is 176 g/mol. The number of Topliss-reactive ketones (excluding diaryl/α,β-unsaturated/α-hetero) is 1. The summed E-state index contributed by atoms with van der Waals surface area (Å²) in [7, 11) is 0. The van der Waals surface area contributed by atoms with E-state index in [9.17, 15) is 9.90 Å². The molecule has 1 N–H and O–H groups in total. The van der Waals surface area contributed by atoms with Crippen molar-refractivity contribution in [3.8, 4) is 0 Å². The molecule has 0 amide bonds. The van der Waals surface area contributed by atoms with E-state index < -0.39 is 0 Å². The fraction of sp³-hybridized carbons (Fsp3) is 0.750. The van der Waals surface area contributed by atoms with Gasteiger partial charge in [0.15, 0.2) is 0 Å². The number of hydrogen-bond donors (Lipinski definition) is 1. The number of hydrogen-bond acceptors (Lipinski definition) is 2. The molecule has 0 aliphatic heterocycles. The van der Waals surface area contributed by atoms with Crippen LogP contribution in [0.1, 0.15) is 32.1 Å². The third-order valence-corrected chi connectivity index (χ3v) is 3.74. The topological polar surface area (TPSA) is 37.3 Å². The van der Waals surface area contributed by atoms with E-state index in [0.717, 1.165) is 25.7 Å². The quantitative estimate of drug-likeness (QED) is 0.697. The highest BCUT2D eigenvalue weighted by molar-refractivity contribution is 5.83. The second-order valence-corrected chi connectivity index (χ2v) is 4.73. The van der Waals surface area contributed by atoms with Gasteiger partial charge in [0.2, 0.25) is 0 Å². The average Bonchev–Trinajstić information content (AvgIpc) is 2.13. The Bertz CT molecular complexity index is 247. The van der Waals surface area contributed by atoms with Crippen LogP contribution in [0.25, 0.3) is 0 Å². The first-order chi connectivity index (χ1) is 6.72. The predicted octanol–water partition coefficient (Wildman–Crippen LogP) is 1.93. The summed E-state index contributed by atoms with van der Waals surface area (Å²) >= 11 is 0. The van der Waals surface area contributed by atoms with Crippen LogP contribution in [0.3, 0.4) is 0 Å². The van der Waals surface area contributed by atoms with E-state index in [0.29, 0.717) is 24.0 Å². The fourth-order valence-corrected chi connectivity index (χ4v) is 3.17. The van der Waals surface area contributed by atoms with Gasteiger partial charge in [-0.25, -0.2) is 0 Å². The summed E-state index contributed by atoms with van der Waals surface area (Å²) < 4.78 is 0. The highest BCUT2D eigenvalue weighted by Crippen LogP contribution is 2.44. The molecule has 0 unspecified atom stereocenters. The van der Waals surface area contributed by atoms with E-state index in [-0.39, 0.29) is 12.0 Å². The van der Waals surface area contributed by atoms with Gasteiger partial charge in [-0.15, -0.1) is 6.58 Å². The molecule has 0 saturated heterocycles. The molecule has 0 aromatic heterocycles. The fourth-order valence-electron chi connectivity index (χ4n) is 3.17. The maximum absolute atomic E-state index is 11.7. The standard InChI is InChI=1S/C12H18O2/c1-2-3-4-9-5-8-6-10(13)12(9)11(14)7-8/h2,8-10,12-13H,1,3-7H2/t8-,9+,10-,12+/m1/s1. The summed E-state index contributed by atoms with van der Waals surface area (Å²) in [6.45, 7) is 3.70. The molecule has 3 fully saturated rings. The largest absolute Gasteiger partial charge is 0.392 e. The number of aliphatic hydroxyl groups excluding tert-OH is 1. The molecule has 3 aliphatic carbocycles. The molecule has 2 bridgehead atoms. The van der Waals surface area contributed by atoms with Gasteiger partial charge in [0.25, 0.3) is 0 Å². The summed E-state index contributed by atoms with van der Waals surface area (Å²) in [5.41, 5.74) is 0. The van der Waals surface area contributed by atoms with E-state index in [1.54, 1.807) is 0 Å². The van der Waals surface area contributed by atoms with Crippen LogP contribution < -0.4 is 0 Å². The normalized spacial score (nSPS) is 41.4. The van der Waals surface area contributed by atoms with Gasteiger partial charge in [-0.05, 0) is 37.5 Å². The molecule has 3 rings (SSSR count). The molecule has 0 aromatic carbocycles. The second-order valence-electron chi connectivity index (χ2n) is 4.73. The van der Waals surface area contributed by atoms with E-state index >= 15 is 0 Å². The zero-order chi connectivity index (χ0) is 10.1. The Morgan fingerprint density at radius 1 is 1.50 bits per heavy atom. The van der Waals surface area contributed by atoms with Crippen LogP contribution in [0.15, 0.2) is 12.7 Å². The van der Waals surface area contributed by atoms with E-state index in [1.807, 2.05) is 6.08 Å². The Morgan fingerprint density at radius 2 is 2.29 bits per heavy atom. The molecule has 0 heterocycles. The van der Waals surface area contributed by atoms with Crippen molar-refractivity contribution in [3.05, 3.63) is 12.7 Å². The number of ketones is 1. The first-order valence-electron chi connectivity index (χ1n) is 5.54. The third kappa shape index (κ3) is 1.63. The van der Waals surface area contributed by atoms with Crippen LogP contribution in [-0.2, 0) is 4.79 Å². The molecular formula is C12H18O2. The minimum Gasteiger partial charge on any atom is -0.392 e. The SMILES string of the molecule is C=CCC[C@H]1C[C@H]2CC(=O)[C@@H]1[C@H](O)C2. The number of carbonyl (C=O) groups excluding carboxylic acids is 1. The second kappa shape index (κ2) is 3.85. The van der Waals surface area contributed by atoms with Gasteiger partial charge in [0.1, 0.15) is 5.78 Å². The van der Waals surface area contributed by atoms with Crippen molar-refractivity contribution in [2.45, 2.75) is 38.2 Å². The lowest BCUT2D eigenvalue weighted by Gasteiger charge is -2.44. The molecule has 14 heavy (non-hydrogen) atoms. The Balaban J connectivity index is 2.05. The lowest BCUT2D eigenvalue weighted by atomic mass is 9.61. The molecule has 3 saturated carbocycles. The lowest BCUT2D eigenvalue weighted by molar-refractivity contribution is -0.142. The number of rotatable bonds is 3. The van der Waals surface area contributed by atoms with Crippen LogP contribution in [0.4, 0.5) is 0 Å². The summed E-state index contributed by atoms with van der Waals surface area (Å²) in [6, 6.07) is 0. The van der Waals surface area contributed by atoms with Crippen LogP contribution in [0, 0.1) is 17.8 Å². The molecule has 78 valence electrons. The van der Waals surface area contributed by atoms with Crippen molar-refractivity contribution < 1.29 is 9.90 Å². The van der Waals surface area contributed by atoms with Crippen molar-refractivity contribution in [1.29, 1.82) is 0 Å². The van der Waals surface area contributed by atoms with Crippen LogP contribution in [0.5, 0.6) is 0 Å².